The van der Waals surface area contributed by atoms with Gasteiger partial charge < -0.3 is 65.1 Å². The molecular formula is C42H79NO13. The molecule has 0 aromatic carbocycles. The normalized spacial score (nSPS) is 29.5. The third-order valence-electron chi connectivity index (χ3n) is 11.0. The average Bonchev–Trinajstić information content (AvgIpc) is 3.19. The van der Waals surface area contributed by atoms with Gasteiger partial charge in [0.25, 0.3) is 0 Å². The molecule has 12 atom stereocenters. The molecule has 2 heterocycles. The van der Waals surface area contributed by atoms with Crippen LogP contribution in [-0.2, 0) is 23.7 Å². The molecular weight excluding hydrogens is 726 g/mol. The van der Waals surface area contributed by atoms with E-state index in [0.29, 0.717) is 6.42 Å². The maximum atomic E-state index is 13.0. The Morgan fingerprint density at radius 2 is 1.11 bits per heavy atom. The van der Waals surface area contributed by atoms with Crippen LogP contribution < -0.4 is 5.32 Å². The first-order chi connectivity index (χ1) is 27.1. The fourth-order valence-electron chi connectivity index (χ4n) is 7.29. The highest BCUT2D eigenvalue weighted by Crippen LogP contribution is 2.30. The van der Waals surface area contributed by atoms with E-state index in [9.17, 15) is 45.6 Å². The van der Waals surface area contributed by atoms with Crippen molar-refractivity contribution >= 4 is 5.91 Å². The van der Waals surface area contributed by atoms with Gasteiger partial charge in [-0.05, 0) is 19.3 Å². The van der Waals surface area contributed by atoms with Crippen LogP contribution in [0.25, 0.3) is 0 Å². The van der Waals surface area contributed by atoms with E-state index >= 15 is 0 Å². The lowest BCUT2D eigenvalue weighted by Crippen LogP contribution is -2.65. The Morgan fingerprint density at radius 3 is 1.64 bits per heavy atom. The number of amides is 1. The van der Waals surface area contributed by atoms with Crippen molar-refractivity contribution in [2.45, 2.75) is 229 Å². The molecule has 1 amide bonds. The van der Waals surface area contributed by atoms with Gasteiger partial charge in [0.05, 0.1) is 32.0 Å². The first-order valence-corrected chi connectivity index (χ1v) is 21.9. The van der Waals surface area contributed by atoms with E-state index in [1.54, 1.807) is 6.08 Å². The minimum atomic E-state index is -1.78. The van der Waals surface area contributed by atoms with Crippen LogP contribution in [0.4, 0.5) is 0 Å². The van der Waals surface area contributed by atoms with Gasteiger partial charge in [0, 0.05) is 6.42 Å². The molecule has 14 heteroatoms. The van der Waals surface area contributed by atoms with Crippen LogP contribution in [0.5, 0.6) is 0 Å². The number of carbonyl (C=O) groups excluding carboxylic acids is 1. The van der Waals surface area contributed by atoms with Crippen LogP contribution in [0.15, 0.2) is 12.2 Å². The quantitative estimate of drug-likeness (QED) is 0.0350. The van der Waals surface area contributed by atoms with Crippen LogP contribution in [0, 0.1) is 0 Å². The smallest absolute Gasteiger partial charge is 0.220 e. The summed E-state index contributed by atoms with van der Waals surface area (Å²) in [6, 6.07) is -0.904. The summed E-state index contributed by atoms with van der Waals surface area (Å²) >= 11 is 0. The van der Waals surface area contributed by atoms with Gasteiger partial charge in [-0.1, -0.05) is 142 Å². The molecule has 0 aromatic rings. The number of carbonyl (C=O) groups is 1. The van der Waals surface area contributed by atoms with Crippen molar-refractivity contribution in [3.05, 3.63) is 12.2 Å². The Labute approximate surface area is 336 Å². The Kier molecular flexibility index (Phi) is 27.9. The van der Waals surface area contributed by atoms with E-state index in [-0.39, 0.29) is 18.9 Å². The first kappa shape index (κ1) is 50.9. The SMILES string of the molecule is CCCCCCCCC/C=C/C(O)C(COC1OC(CO)C(OC2OC(CO)C(O)C(O)C2O)C(O)C1O)NC(=O)CCCCCCCCCCCCCCC. The molecule has 2 rings (SSSR count). The van der Waals surface area contributed by atoms with Crippen molar-refractivity contribution in [3.63, 3.8) is 0 Å². The van der Waals surface area contributed by atoms with E-state index in [0.717, 1.165) is 38.5 Å². The highest BCUT2D eigenvalue weighted by molar-refractivity contribution is 5.76. The van der Waals surface area contributed by atoms with Crippen LogP contribution in [0.1, 0.15) is 155 Å². The van der Waals surface area contributed by atoms with E-state index in [4.69, 9.17) is 18.9 Å². The standard InChI is InChI=1S/C42H79NO13/c1-3-5-7-9-11-13-14-15-16-18-20-22-24-26-34(47)43-30(31(46)25-23-21-19-17-12-10-8-6-4-2)29-53-41-39(52)37(50)40(33(28-45)55-41)56-42-38(51)36(49)35(48)32(27-44)54-42/h23,25,30-33,35-42,44-46,48-52H,3-22,24,26-29H2,1-2H3,(H,43,47)/b25-23+. The van der Waals surface area contributed by atoms with Gasteiger partial charge in [-0.15, -0.1) is 0 Å². The Bertz CT molecular complexity index is 1000. The lowest BCUT2D eigenvalue weighted by atomic mass is 9.97. The highest BCUT2D eigenvalue weighted by atomic mass is 16.7. The Hall–Kier alpha value is -1.27. The Morgan fingerprint density at radius 1 is 0.625 bits per heavy atom. The van der Waals surface area contributed by atoms with Crippen molar-refractivity contribution in [3.8, 4) is 0 Å². The number of rotatable bonds is 32. The lowest BCUT2D eigenvalue weighted by Gasteiger charge is -2.46. The topological polar surface area (TPSA) is 228 Å². The predicted molar refractivity (Wildman–Crippen MR) is 212 cm³/mol. The second-order valence-corrected chi connectivity index (χ2v) is 15.8. The van der Waals surface area contributed by atoms with Gasteiger partial charge in [0.1, 0.15) is 48.8 Å². The van der Waals surface area contributed by atoms with Crippen molar-refractivity contribution in [1.29, 1.82) is 0 Å². The Balaban J connectivity index is 1.91. The van der Waals surface area contributed by atoms with Crippen LogP contribution in [0.3, 0.4) is 0 Å². The van der Waals surface area contributed by atoms with E-state index in [1.807, 2.05) is 6.08 Å². The van der Waals surface area contributed by atoms with Crippen LogP contribution >= 0.6 is 0 Å². The maximum absolute atomic E-state index is 13.0. The van der Waals surface area contributed by atoms with E-state index in [2.05, 4.69) is 19.2 Å². The molecule has 0 aliphatic carbocycles. The lowest BCUT2D eigenvalue weighted by molar-refractivity contribution is -0.359. The van der Waals surface area contributed by atoms with Gasteiger partial charge >= 0.3 is 0 Å². The molecule has 9 N–H and O–H groups in total. The summed E-state index contributed by atoms with van der Waals surface area (Å²) in [4.78, 5) is 13.0. The molecule has 0 spiro atoms. The zero-order valence-corrected chi connectivity index (χ0v) is 34.4. The molecule has 0 bridgehead atoms. The van der Waals surface area contributed by atoms with Gasteiger partial charge in [0.2, 0.25) is 5.91 Å². The number of aliphatic hydroxyl groups excluding tert-OH is 8. The molecule has 0 aromatic heterocycles. The molecule has 2 fully saturated rings. The summed E-state index contributed by atoms with van der Waals surface area (Å²) in [5, 5.41) is 86.2. The average molecular weight is 806 g/mol. The van der Waals surface area contributed by atoms with Crippen molar-refractivity contribution in [2.75, 3.05) is 19.8 Å². The summed E-state index contributed by atoms with van der Waals surface area (Å²) in [5.74, 6) is -0.243. The molecule has 2 saturated heterocycles. The number of aliphatic hydroxyl groups is 8. The number of hydrogen-bond acceptors (Lipinski definition) is 13. The summed E-state index contributed by atoms with van der Waals surface area (Å²) in [5.41, 5.74) is 0. The number of nitrogens with one attached hydrogen (secondary N) is 1. The number of unbranched alkanes of at least 4 members (excludes halogenated alkanes) is 19. The molecule has 0 saturated carbocycles. The second kappa shape index (κ2) is 30.7. The van der Waals surface area contributed by atoms with Crippen LogP contribution in [0.2, 0.25) is 0 Å². The zero-order chi connectivity index (χ0) is 41.1. The van der Waals surface area contributed by atoms with Crippen LogP contribution in [-0.4, -0.2) is 140 Å². The number of ether oxygens (including phenoxy) is 4. The molecule has 14 nitrogen and oxygen atoms in total. The fraction of sp³-hybridized carbons (Fsp3) is 0.929. The van der Waals surface area contributed by atoms with E-state index < -0.39 is 86.8 Å². The summed E-state index contributed by atoms with van der Waals surface area (Å²) in [6.07, 6.45) is 11.3. The minimum absolute atomic E-state index is 0.243. The predicted octanol–water partition coefficient (Wildman–Crippen LogP) is 3.65. The monoisotopic (exact) mass is 806 g/mol. The summed E-state index contributed by atoms with van der Waals surface area (Å²) in [6.45, 7) is 2.72. The third kappa shape index (κ3) is 19.2. The number of allylic oxidation sites excluding steroid dienone is 1. The summed E-state index contributed by atoms with van der Waals surface area (Å²) < 4.78 is 22.6. The van der Waals surface area contributed by atoms with Crippen molar-refractivity contribution < 1.29 is 64.6 Å². The second-order valence-electron chi connectivity index (χ2n) is 15.8. The molecule has 0 radical (unpaired) electrons. The highest BCUT2D eigenvalue weighted by Gasteiger charge is 2.50. The molecule has 330 valence electrons. The number of hydrogen-bond donors (Lipinski definition) is 9. The third-order valence-corrected chi connectivity index (χ3v) is 11.0. The minimum Gasteiger partial charge on any atom is -0.394 e. The fourth-order valence-corrected chi connectivity index (χ4v) is 7.29. The molecule has 2 aliphatic rings. The molecule has 2 aliphatic heterocycles. The van der Waals surface area contributed by atoms with Gasteiger partial charge in [0.15, 0.2) is 12.6 Å². The van der Waals surface area contributed by atoms with Crippen molar-refractivity contribution in [1.82, 2.24) is 5.32 Å². The first-order valence-electron chi connectivity index (χ1n) is 21.9. The zero-order valence-electron chi connectivity index (χ0n) is 34.4. The summed E-state index contributed by atoms with van der Waals surface area (Å²) in [7, 11) is 0. The molecule has 12 unspecified atom stereocenters. The van der Waals surface area contributed by atoms with Gasteiger partial charge in [-0.25, -0.2) is 0 Å². The van der Waals surface area contributed by atoms with Gasteiger partial charge in [-0.3, -0.25) is 4.79 Å². The molecule has 56 heavy (non-hydrogen) atoms. The largest absolute Gasteiger partial charge is 0.394 e. The van der Waals surface area contributed by atoms with Crippen molar-refractivity contribution in [2.24, 2.45) is 0 Å². The van der Waals surface area contributed by atoms with E-state index in [1.165, 1.54) is 89.9 Å². The van der Waals surface area contributed by atoms with Gasteiger partial charge in [-0.2, -0.15) is 0 Å². The maximum Gasteiger partial charge on any atom is 0.220 e.